The highest BCUT2D eigenvalue weighted by Gasteiger charge is 2.40. The van der Waals surface area contributed by atoms with Crippen molar-refractivity contribution in [3.8, 4) is 56.2 Å². The van der Waals surface area contributed by atoms with E-state index in [4.69, 9.17) is 9.97 Å². The Morgan fingerprint density at radius 2 is 1.02 bits per heavy atom. The molecule has 2 aromatic heterocycles. The Morgan fingerprint density at radius 3 is 1.84 bits per heavy atom. The molecule has 3 heteroatoms. The second kappa shape index (κ2) is 11.7. The van der Waals surface area contributed by atoms with Gasteiger partial charge in [0, 0.05) is 42.3 Å². The highest BCUT2D eigenvalue weighted by Crippen LogP contribution is 2.53. The standard InChI is InChI=1S/C48H32N2S/c1-48(36-14-6-3-7-15-36)41-18-10-8-16-37(41)38-26-24-34(29-42(38)48)31-20-22-32(23-21-31)43-30-44(50-47(49-43)33-12-4-2-5-13-33)35-25-27-46-40(28-35)39-17-9-11-19-45(39)51-46/h2-30H,1H3. The van der Waals surface area contributed by atoms with Crippen LogP contribution in [0.25, 0.3) is 76.3 Å². The number of thiophene rings is 1. The molecule has 0 N–H and O–H groups in total. The van der Waals surface area contributed by atoms with Crippen molar-refractivity contribution >= 4 is 31.5 Å². The number of aromatic nitrogens is 2. The van der Waals surface area contributed by atoms with Crippen LogP contribution >= 0.6 is 11.3 Å². The summed E-state index contributed by atoms with van der Waals surface area (Å²) >= 11 is 1.83. The fourth-order valence-corrected chi connectivity index (χ4v) is 9.02. The maximum absolute atomic E-state index is 5.12. The maximum atomic E-state index is 5.12. The number of nitrogens with zero attached hydrogens (tertiary/aromatic N) is 2. The van der Waals surface area contributed by atoms with E-state index in [9.17, 15) is 0 Å². The van der Waals surface area contributed by atoms with Crippen LogP contribution < -0.4 is 0 Å². The normalized spacial score (nSPS) is 14.8. The molecule has 0 fully saturated rings. The molecule has 9 aromatic rings. The molecule has 1 unspecified atom stereocenters. The lowest BCUT2D eigenvalue weighted by molar-refractivity contribution is 0.714. The zero-order valence-electron chi connectivity index (χ0n) is 28.0. The van der Waals surface area contributed by atoms with Crippen molar-refractivity contribution in [2.24, 2.45) is 0 Å². The number of benzene rings is 7. The van der Waals surface area contributed by atoms with Crippen LogP contribution in [0.15, 0.2) is 176 Å². The fourth-order valence-electron chi connectivity index (χ4n) is 7.93. The third-order valence-electron chi connectivity index (χ3n) is 10.6. The zero-order valence-corrected chi connectivity index (χ0v) is 28.9. The van der Waals surface area contributed by atoms with E-state index >= 15 is 0 Å². The monoisotopic (exact) mass is 668 g/mol. The van der Waals surface area contributed by atoms with Gasteiger partial charge in [-0.05, 0) is 76.2 Å². The van der Waals surface area contributed by atoms with Crippen molar-refractivity contribution in [3.05, 3.63) is 193 Å². The van der Waals surface area contributed by atoms with Gasteiger partial charge in [-0.3, -0.25) is 0 Å². The van der Waals surface area contributed by atoms with Crippen molar-refractivity contribution < 1.29 is 0 Å². The molecule has 1 atom stereocenters. The second-order valence-electron chi connectivity index (χ2n) is 13.5. The van der Waals surface area contributed by atoms with E-state index < -0.39 is 0 Å². The Kier molecular flexibility index (Phi) is 6.83. The van der Waals surface area contributed by atoms with Gasteiger partial charge in [0.25, 0.3) is 0 Å². The smallest absolute Gasteiger partial charge is 0.160 e. The molecule has 0 amide bonds. The summed E-state index contributed by atoms with van der Waals surface area (Å²) < 4.78 is 2.59. The van der Waals surface area contributed by atoms with Crippen molar-refractivity contribution in [2.45, 2.75) is 12.3 Å². The molecule has 240 valence electrons. The van der Waals surface area contributed by atoms with Crippen LogP contribution in [0.5, 0.6) is 0 Å². The van der Waals surface area contributed by atoms with E-state index in [1.54, 1.807) is 0 Å². The largest absolute Gasteiger partial charge is 0.228 e. The van der Waals surface area contributed by atoms with Crippen LogP contribution in [0.2, 0.25) is 0 Å². The summed E-state index contributed by atoms with van der Waals surface area (Å²) in [6, 6.07) is 63.3. The quantitative estimate of drug-likeness (QED) is 0.182. The molecule has 0 saturated heterocycles. The van der Waals surface area contributed by atoms with E-state index in [0.29, 0.717) is 0 Å². The van der Waals surface area contributed by atoms with Crippen molar-refractivity contribution in [3.63, 3.8) is 0 Å². The summed E-state index contributed by atoms with van der Waals surface area (Å²) in [7, 11) is 0. The van der Waals surface area contributed by atoms with Crippen LogP contribution in [-0.4, -0.2) is 9.97 Å². The molecule has 10 rings (SSSR count). The van der Waals surface area contributed by atoms with Crippen molar-refractivity contribution in [1.29, 1.82) is 0 Å². The van der Waals surface area contributed by atoms with E-state index in [1.165, 1.54) is 59.1 Å². The van der Waals surface area contributed by atoms with Gasteiger partial charge in [-0.15, -0.1) is 11.3 Å². The molecular formula is C48H32N2S. The van der Waals surface area contributed by atoms with E-state index in [0.717, 1.165) is 33.9 Å². The van der Waals surface area contributed by atoms with Gasteiger partial charge in [0.05, 0.1) is 11.4 Å². The first-order valence-electron chi connectivity index (χ1n) is 17.4. The van der Waals surface area contributed by atoms with Crippen LogP contribution in [0, 0.1) is 0 Å². The Bertz CT molecular complexity index is 2750. The number of hydrogen-bond acceptors (Lipinski definition) is 3. The first-order valence-corrected chi connectivity index (χ1v) is 18.2. The summed E-state index contributed by atoms with van der Waals surface area (Å²) in [5, 5.41) is 2.55. The third-order valence-corrected chi connectivity index (χ3v) is 11.8. The number of hydrogen-bond donors (Lipinski definition) is 0. The molecule has 51 heavy (non-hydrogen) atoms. The average molecular weight is 669 g/mol. The van der Waals surface area contributed by atoms with Crippen LogP contribution in [0.3, 0.4) is 0 Å². The average Bonchev–Trinajstić information content (AvgIpc) is 3.71. The van der Waals surface area contributed by atoms with Crippen LogP contribution in [0.1, 0.15) is 23.6 Å². The summed E-state index contributed by atoms with van der Waals surface area (Å²) in [5.74, 6) is 0.723. The minimum Gasteiger partial charge on any atom is -0.228 e. The lowest BCUT2D eigenvalue weighted by atomic mass is 9.74. The van der Waals surface area contributed by atoms with Gasteiger partial charge in [-0.1, -0.05) is 146 Å². The summed E-state index contributed by atoms with van der Waals surface area (Å²) in [4.78, 5) is 10.2. The summed E-state index contributed by atoms with van der Waals surface area (Å²) in [5.41, 5.74) is 13.8. The first kappa shape index (κ1) is 29.7. The number of fused-ring (bicyclic) bond motifs is 6. The lowest BCUT2D eigenvalue weighted by Crippen LogP contribution is -2.22. The Balaban J connectivity index is 1.06. The fraction of sp³-hybridized carbons (Fsp3) is 0.0417. The van der Waals surface area contributed by atoms with E-state index in [-0.39, 0.29) is 5.41 Å². The van der Waals surface area contributed by atoms with Gasteiger partial charge < -0.3 is 0 Å². The van der Waals surface area contributed by atoms with Crippen molar-refractivity contribution in [2.75, 3.05) is 0 Å². The highest BCUT2D eigenvalue weighted by atomic mass is 32.1. The Morgan fingerprint density at radius 1 is 0.412 bits per heavy atom. The molecule has 2 heterocycles. The third kappa shape index (κ3) is 4.85. The molecule has 7 aromatic carbocycles. The lowest BCUT2D eigenvalue weighted by Gasteiger charge is -2.28. The molecule has 2 nitrogen and oxygen atoms in total. The SMILES string of the molecule is CC1(c2ccccc2)c2ccccc2-c2ccc(-c3ccc(-c4cc(-c5ccc6sc7ccccc7c6c5)nc(-c5ccccc5)n4)cc3)cc21. The van der Waals surface area contributed by atoms with Gasteiger partial charge in [0.1, 0.15) is 0 Å². The maximum Gasteiger partial charge on any atom is 0.160 e. The van der Waals surface area contributed by atoms with Gasteiger partial charge in [0.15, 0.2) is 5.82 Å². The summed E-state index contributed by atoms with van der Waals surface area (Å²) in [6.07, 6.45) is 0. The topological polar surface area (TPSA) is 25.8 Å². The van der Waals surface area contributed by atoms with Crippen LogP contribution in [-0.2, 0) is 5.41 Å². The summed E-state index contributed by atoms with van der Waals surface area (Å²) in [6.45, 7) is 2.37. The molecule has 0 radical (unpaired) electrons. The minimum absolute atomic E-state index is 0.230. The molecule has 0 spiro atoms. The molecule has 1 aliphatic carbocycles. The second-order valence-corrected chi connectivity index (χ2v) is 14.6. The molecule has 0 saturated carbocycles. The zero-order chi connectivity index (χ0) is 33.9. The predicted molar refractivity (Wildman–Crippen MR) is 214 cm³/mol. The van der Waals surface area contributed by atoms with Gasteiger partial charge in [0.2, 0.25) is 0 Å². The predicted octanol–water partition coefficient (Wildman–Crippen LogP) is 12.8. The van der Waals surface area contributed by atoms with Crippen LogP contribution in [0.4, 0.5) is 0 Å². The molecule has 0 aliphatic heterocycles. The number of rotatable bonds is 5. The van der Waals surface area contributed by atoms with E-state index in [1.807, 2.05) is 29.5 Å². The molecular weight excluding hydrogens is 637 g/mol. The molecule has 1 aliphatic rings. The van der Waals surface area contributed by atoms with Gasteiger partial charge in [-0.25, -0.2) is 9.97 Å². The van der Waals surface area contributed by atoms with Gasteiger partial charge >= 0.3 is 0 Å². The molecule has 0 bridgehead atoms. The van der Waals surface area contributed by atoms with Gasteiger partial charge in [-0.2, -0.15) is 0 Å². The van der Waals surface area contributed by atoms with Crippen molar-refractivity contribution in [1.82, 2.24) is 9.97 Å². The Hall–Kier alpha value is -6.16. The van der Waals surface area contributed by atoms with E-state index in [2.05, 4.69) is 165 Å². The highest BCUT2D eigenvalue weighted by molar-refractivity contribution is 7.25. The first-order chi connectivity index (χ1) is 25.1. The minimum atomic E-state index is -0.230. The Labute approximate surface area is 301 Å².